The Hall–Kier alpha value is -1.64. The van der Waals surface area contributed by atoms with E-state index in [4.69, 9.17) is 27.9 Å². The van der Waals surface area contributed by atoms with Gasteiger partial charge in [0.25, 0.3) is 0 Å². The number of anilines is 1. The van der Waals surface area contributed by atoms with E-state index in [-0.39, 0.29) is 0 Å². The first-order valence-electron chi connectivity index (χ1n) is 6.40. The van der Waals surface area contributed by atoms with Crippen LogP contribution in [-0.4, -0.2) is 5.72 Å². The van der Waals surface area contributed by atoms with Gasteiger partial charge >= 0.3 is 0 Å². The van der Waals surface area contributed by atoms with Gasteiger partial charge in [-0.3, -0.25) is 0 Å². The molecule has 2 aromatic carbocycles. The summed E-state index contributed by atoms with van der Waals surface area (Å²) >= 11 is 12.9. The van der Waals surface area contributed by atoms with Crippen LogP contribution in [0.25, 0.3) is 5.03 Å². The number of rotatable bonds is 0. The molecule has 4 rings (SSSR count). The SMILES string of the molecule is ClC1=C(Cl)C2(Cc3ccccc3N2)Oc2ccccc21. The van der Waals surface area contributed by atoms with Gasteiger partial charge in [0.05, 0.1) is 5.03 Å². The number of benzene rings is 2. The standard InChI is InChI=1S/C16H11Cl2NO/c17-14-11-6-2-4-8-13(11)20-16(15(14)18)9-10-5-1-3-7-12(10)19-16/h1-8,19H,9H2. The molecule has 0 saturated carbocycles. The van der Waals surface area contributed by atoms with Crippen molar-refractivity contribution in [2.24, 2.45) is 0 Å². The highest BCUT2D eigenvalue weighted by atomic mass is 35.5. The number of fused-ring (bicyclic) bond motifs is 2. The average Bonchev–Trinajstić information content (AvgIpc) is 2.84. The summed E-state index contributed by atoms with van der Waals surface area (Å²) in [6, 6.07) is 15.8. The molecule has 2 nitrogen and oxygen atoms in total. The molecule has 1 N–H and O–H groups in total. The van der Waals surface area contributed by atoms with E-state index in [9.17, 15) is 0 Å². The van der Waals surface area contributed by atoms with Gasteiger partial charge in [-0.05, 0) is 23.8 Å². The summed E-state index contributed by atoms with van der Waals surface area (Å²) in [5, 5.41) is 4.43. The quantitative estimate of drug-likeness (QED) is 0.768. The Labute approximate surface area is 127 Å². The summed E-state index contributed by atoms with van der Waals surface area (Å²) in [7, 11) is 0. The van der Waals surface area contributed by atoms with Crippen molar-refractivity contribution >= 4 is 33.9 Å². The Morgan fingerprint density at radius 1 is 1.00 bits per heavy atom. The van der Waals surface area contributed by atoms with Crippen molar-refractivity contribution in [1.29, 1.82) is 0 Å². The molecule has 4 heteroatoms. The van der Waals surface area contributed by atoms with Crippen LogP contribution in [0, 0.1) is 0 Å². The van der Waals surface area contributed by atoms with Crippen molar-refractivity contribution in [3.8, 4) is 5.75 Å². The van der Waals surface area contributed by atoms with Crippen LogP contribution in [0.5, 0.6) is 5.75 Å². The van der Waals surface area contributed by atoms with Crippen molar-refractivity contribution < 1.29 is 4.74 Å². The van der Waals surface area contributed by atoms with Gasteiger partial charge in [-0.2, -0.15) is 0 Å². The lowest BCUT2D eigenvalue weighted by Gasteiger charge is -2.35. The Morgan fingerprint density at radius 3 is 2.60 bits per heavy atom. The van der Waals surface area contributed by atoms with Gasteiger partial charge in [-0.25, -0.2) is 0 Å². The van der Waals surface area contributed by atoms with Gasteiger partial charge in [-0.1, -0.05) is 53.5 Å². The molecular weight excluding hydrogens is 293 g/mol. The molecular formula is C16H11Cl2NO. The minimum Gasteiger partial charge on any atom is -0.462 e. The molecule has 20 heavy (non-hydrogen) atoms. The number of ether oxygens (including phenoxy) is 1. The maximum atomic E-state index is 6.51. The first-order chi connectivity index (χ1) is 9.70. The second kappa shape index (κ2) is 4.18. The minimum atomic E-state index is -0.781. The second-order valence-electron chi connectivity index (χ2n) is 5.01. The topological polar surface area (TPSA) is 21.3 Å². The zero-order valence-corrected chi connectivity index (χ0v) is 12.0. The second-order valence-corrected chi connectivity index (χ2v) is 5.77. The molecule has 0 bridgehead atoms. The van der Waals surface area contributed by atoms with E-state index in [1.807, 2.05) is 42.5 Å². The van der Waals surface area contributed by atoms with Crippen LogP contribution in [-0.2, 0) is 6.42 Å². The summed E-state index contributed by atoms with van der Waals surface area (Å²) in [4.78, 5) is 0. The first kappa shape index (κ1) is 12.1. The molecule has 0 aromatic heterocycles. The molecule has 1 atom stereocenters. The number of hydrogen-bond acceptors (Lipinski definition) is 2. The highest BCUT2D eigenvalue weighted by Crippen LogP contribution is 2.48. The Morgan fingerprint density at radius 2 is 1.75 bits per heavy atom. The molecule has 2 aliphatic heterocycles. The fourth-order valence-electron chi connectivity index (χ4n) is 2.79. The number of hydrogen-bond donors (Lipinski definition) is 1. The van der Waals surface area contributed by atoms with Crippen molar-refractivity contribution in [2.75, 3.05) is 5.32 Å². The van der Waals surface area contributed by atoms with Crippen molar-refractivity contribution in [3.05, 3.63) is 64.7 Å². The normalized spacial score (nSPS) is 23.1. The lowest BCUT2D eigenvalue weighted by molar-refractivity contribution is 0.150. The van der Waals surface area contributed by atoms with E-state index in [2.05, 4.69) is 11.4 Å². The number of halogens is 2. The predicted octanol–water partition coefficient (Wildman–Crippen LogP) is 4.59. The molecule has 0 fully saturated rings. The molecule has 0 radical (unpaired) electrons. The highest BCUT2D eigenvalue weighted by molar-refractivity contribution is 6.55. The summed E-state index contributed by atoms with van der Waals surface area (Å²) in [6.07, 6.45) is 0.659. The van der Waals surface area contributed by atoms with Crippen molar-refractivity contribution in [1.82, 2.24) is 0 Å². The Balaban J connectivity index is 1.86. The zero-order chi connectivity index (χ0) is 13.7. The van der Waals surface area contributed by atoms with E-state index in [0.717, 1.165) is 17.0 Å². The third-order valence-electron chi connectivity index (χ3n) is 3.75. The van der Waals surface area contributed by atoms with Crippen LogP contribution in [0.1, 0.15) is 11.1 Å². The van der Waals surface area contributed by atoms with E-state index < -0.39 is 5.72 Å². The largest absolute Gasteiger partial charge is 0.462 e. The van der Waals surface area contributed by atoms with Crippen LogP contribution in [0.3, 0.4) is 0 Å². The van der Waals surface area contributed by atoms with E-state index >= 15 is 0 Å². The molecule has 1 unspecified atom stereocenters. The predicted molar refractivity (Wildman–Crippen MR) is 82.2 cm³/mol. The molecule has 0 saturated heterocycles. The van der Waals surface area contributed by atoms with Gasteiger partial charge in [0.1, 0.15) is 10.8 Å². The summed E-state index contributed by atoms with van der Waals surface area (Å²) in [5.41, 5.74) is 2.27. The third-order valence-corrected chi connectivity index (χ3v) is 4.73. The summed E-state index contributed by atoms with van der Waals surface area (Å²) in [5.74, 6) is 0.752. The third kappa shape index (κ3) is 1.58. The van der Waals surface area contributed by atoms with E-state index in [1.165, 1.54) is 5.56 Å². The smallest absolute Gasteiger partial charge is 0.223 e. The first-order valence-corrected chi connectivity index (χ1v) is 7.15. The molecule has 2 heterocycles. The summed E-state index contributed by atoms with van der Waals surface area (Å²) < 4.78 is 6.16. The molecule has 0 aliphatic carbocycles. The zero-order valence-electron chi connectivity index (χ0n) is 10.5. The lowest BCUT2D eigenvalue weighted by atomic mass is 10.0. The summed E-state index contributed by atoms with van der Waals surface area (Å²) in [6.45, 7) is 0. The molecule has 1 spiro atoms. The maximum Gasteiger partial charge on any atom is 0.223 e. The fraction of sp³-hybridized carbons (Fsp3) is 0.125. The molecule has 2 aliphatic rings. The van der Waals surface area contributed by atoms with Crippen LogP contribution < -0.4 is 10.1 Å². The molecule has 0 amide bonds. The molecule has 100 valence electrons. The average molecular weight is 304 g/mol. The number of para-hydroxylation sites is 2. The van der Waals surface area contributed by atoms with E-state index in [1.54, 1.807) is 0 Å². The van der Waals surface area contributed by atoms with Crippen LogP contribution >= 0.6 is 23.2 Å². The van der Waals surface area contributed by atoms with Crippen molar-refractivity contribution in [2.45, 2.75) is 12.1 Å². The molecule has 2 aromatic rings. The maximum absolute atomic E-state index is 6.51. The van der Waals surface area contributed by atoms with Gasteiger partial charge in [-0.15, -0.1) is 0 Å². The lowest BCUT2D eigenvalue weighted by Crippen LogP contribution is -2.45. The van der Waals surface area contributed by atoms with Crippen LogP contribution in [0.4, 0.5) is 5.69 Å². The minimum absolute atomic E-state index is 0.508. The monoisotopic (exact) mass is 303 g/mol. The van der Waals surface area contributed by atoms with Crippen LogP contribution in [0.2, 0.25) is 0 Å². The van der Waals surface area contributed by atoms with E-state index in [0.29, 0.717) is 16.5 Å². The van der Waals surface area contributed by atoms with Gasteiger partial charge < -0.3 is 10.1 Å². The Bertz CT molecular complexity index is 714. The fourth-order valence-corrected chi connectivity index (χ4v) is 3.35. The number of nitrogens with one attached hydrogen (secondary N) is 1. The van der Waals surface area contributed by atoms with Gasteiger partial charge in [0.15, 0.2) is 0 Å². The van der Waals surface area contributed by atoms with Gasteiger partial charge in [0, 0.05) is 17.7 Å². The Kier molecular flexibility index (Phi) is 2.53. The van der Waals surface area contributed by atoms with Crippen molar-refractivity contribution in [3.63, 3.8) is 0 Å². The highest BCUT2D eigenvalue weighted by Gasteiger charge is 2.46. The van der Waals surface area contributed by atoms with Crippen LogP contribution in [0.15, 0.2) is 53.6 Å². The van der Waals surface area contributed by atoms with Gasteiger partial charge in [0.2, 0.25) is 5.72 Å².